The van der Waals surface area contributed by atoms with Crippen molar-refractivity contribution in [2.75, 3.05) is 0 Å². The Morgan fingerprint density at radius 2 is 2.06 bits per heavy atom. The Balaban J connectivity index is 1.93. The molecule has 2 aliphatic carbocycles. The van der Waals surface area contributed by atoms with Crippen LogP contribution in [-0.4, -0.2) is 14.3 Å². The van der Waals surface area contributed by atoms with Gasteiger partial charge in [0.1, 0.15) is 11.3 Å². The minimum atomic E-state index is 0.688. The number of pyridine rings is 1. The Bertz CT molecular complexity index is 602. The first-order chi connectivity index (χ1) is 8.88. The standard InChI is InChI=1S/C13H15IN3P/c14-18-17-12(9-2-1-3-9)16-11-10(8-4-5-8)6-7-15-13(11)17/h6-9,18H,1-5H2. The molecule has 0 bridgehead atoms. The zero-order valence-corrected chi connectivity index (χ0v) is 13.2. The van der Waals surface area contributed by atoms with E-state index >= 15 is 0 Å². The third-order valence-electron chi connectivity index (χ3n) is 4.18. The van der Waals surface area contributed by atoms with Crippen molar-refractivity contribution < 1.29 is 0 Å². The summed E-state index contributed by atoms with van der Waals surface area (Å²) in [7, 11) is 0. The summed E-state index contributed by atoms with van der Waals surface area (Å²) in [6, 6.07) is 2.18. The number of hydrogen-bond acceptors (Lipinski definition) is 2. The van der Waals surface area contributed by atoms with E-state index in [0.717, 1.165) is 11.6 Å². The van der Waals surface area contributed by atoms with Crippen LogP contribution in [0.1, 0.15) is 55.3 Å². The maximum atomic E-state index is 4.97. The second-order valence-corrected chi connectivity index (χ2v) is 7.43. The lowest BCUT2D eigenvalue weighted by Crippen LogP contribution is -2.12. The summed E-state index contributed by atoms with van der Waals surface area (Å²) >= 11 is 2.45. The number of imidazole rings is 1. The van der Waals surface area contributed by atoms with Crippen molar-refractivity contribution in [2.45, 2.75) is 43.9 Å². The van der Waals surface area contributed by atoms with Crippen LogP contribution >= 0.6 is 28.4 Å². The second-order valence-electron chi connectivity index (χ2n) is 5.36. The van der Waals surface area contributed by atoms with Gasteiger partial charge in [0, 0.05) is 12.1 Å². The van der Waals surface area contributed by atoms with Crippen LogP contribution in [0.15, 0.2) is 12.3 Å². The van der Waals surface area contributed by atoms with Crippen LogP contribution < -0.4 is 0 Å². The van der Waals surface area contributed by atoms with Crippen molar-refractivity contribution in [1.82, 2.24) is 14.3 Å². The van der Waals surface area contributed by atoms with Crippen molar-refractivity contribution in [3.63, 3.8) is 0 Å². The Labute approximate surface area is 121 Å². The lowest BCUT2D eigenvalue weighted by Gasteiger charge is -2.24. The Hall–Kier alpha value is -0.220. The molecule has 0 aliphatic heterocycles. The second kappa shape index (κ2) is 4.41. The number of hydrogen-bond donors (Lipinski definition) is 0. The maximum absolute atomic E-state index is 4.97. The molecule has 2 heterocycles. The molecule has 3 nitrogen and oxygen atoms in total. The molecule has 2 saturated carbocycles. The summed E-state index contributed by atoms with van der Waals surface area (Å²) in [4.78, 5) is 9.56. The molecule has 94 valence electrons. The van der Waals surface area contributed by atoms with Gasteiger partial charge in [-0.25, -0.2) is 9.97 Å². The van der Waals surface area contributed by atoms with Crippen LogP contribution in [0.4, 0.5) is 0 Å². The summed E-state index contributed by atoms with van der Waals surface area (Å²) in [5.41, 5.74) is 3.74. The predicted molar refractivity (Wildman–Crippen MR) is 83.8 cm³/mol. The van der Waals surface area contributed by atoms with E-state index in [2.05, 4.69) is 37.4 Å². The predicted octanol–water partition coefficient (Wildman–Crippen LogP) is 4.37. The molecule has 2 aromatic heterocycles. The summed E-state index contributed by atoms with van der Waals surface area (Å²) < 4.78 is 2.35. The van der Waals surface area contributed by atoms with Crippen molar-refractivity contribution in [2.24, 2.45) is 0 Å². The maximum Gasteiger partial charge on any atom is 0.164 e. The van der Waals surface area contributed by atoms with E-state index in [1.807, 2.05) is 6.20 Å². The van der Waals surface area contributed by atoms with Crippen LogP contribution in [0.3, 0.4) is 0 Å². The van der Waals surface area contributed by atoms with E-state index in [1.165, 1.54) is 49.0 Å². The number of aromatic nitrogens is 3. The summed E-state index contributed by atoms with van der Waals surface area (Å²) in [6.45, 7) is 0. The van der Waals surface area contributed by atoms with E-state index < -0.39 is 0 Å². The largest absolute Gasteiger partial charge is 0.284 e. The summed E-state index contributed by atoms with van der Waals surface area (Å²) in [6.07, 6.45) is 9.32. The molecule has 0 radical (unpaired) electrons. The fourth-order valence-corrected chi connectivity index (χ4v) is 4.75. The minimum Gasteiger partial charge on any atom is -0.284 e. The third kappa shape index (κ3) is 1.72. The van der Waals surface area contributed by atoms with Crippen molar-refractivity contribution in [3.8, 4) is 0 Å². The first-order valence-corrected chi connectivity index (χ1v) is 10.7. The minimum absolute atomic E-state index is 0.688. The zero-order chi connectivity index (χ0) is 12.1. The number of fused-ring (bicyclic) bond motifs is 1. The van der Waals surface area contributed by atoms with Crippen LogP contribution in [0.2, 0.25) is 0 Å². The van der Waals surface area contributed by atoms with Crippen molar-refractivity contribution in [3.05, 3.63) is 23.7 Å². The monoisotopic (exact) mass is 371 g/mol. The number of halogens is 1. The van der Waals surface area contributed by atoms with Gasteiger partial charge < -0.3 is 0 Å². The van der Waals surface area contributed by atoms with E-state index in [-0.39, 0.29) is 0 Å². The van der Waals surface area contributed by atoms with E-state index in [4.69, 9.17) is 4.98 Å². The van der Waals surface area contributed by atoms with Gasteiger partial charge >= 0.3 is 0 Å². The molecule has 0 N–H and O–H groups in total. The van der Waals surface area contributed by atoms with Gasteiger partial charge in [-0.1, -0.05) is 6.42 Å². The Kier molecular flexibility index (Phi) is 2.84. The summed E-state index contributed by atoms with van der Waals surface area (Å²) in [5.74, 6) is 2.74. The fraction of sp³-hybridized carbons (Fsp3) is 0.538. The van der Waals surface area contributed by atoms with E-state index in [9.17, 15) is 0 Å². The molecule has 1 atom stereocenters. The highest BCUT2D eigenvalue weighted by Crippen LogP contribution is 2.46. The van der Waals surface area contributed by atoms with Gasteiger partial charge in [0.25, 0.3) is 0 Å². The number of nitrogens with zero attached hydrogens (tertiary/aromatic N) is 3. The topological polar surface area (TPSA) is 30.7 Å². The van der Waals surface area contributed by atoms with E-state index in [1.54, 1.807) is 0 Å². The molecule has 0 saturated heterocycles. The molecular formula is C13H15IN3P. The molecule has 2 aromatic rings. The SMILES string of the molecule is IPn1c(C2CCC2)nc2c(C3CC3)ccnc21. The molecule has 1 unspecified atom stereocenters. The Morgan fingerprint density at radius 3 is 2.67 bits per heavy atom. The molecule has 0 amide bonds. The first-order valence-electron chi connectivity index (χ1n) is 6.62. The smallest absolute Gasteiger partial charge is 0.164 e. The molecule has 18 heavy (non-hydrogen) atoms. The van der Waals surface area contributed by atoms with Crippen LogP contribution in [0.25, 0.3) is 11.2 Å². The van der Waals surface area contributed by atoms with Gasteiger partial charge in [0.2, 0.25) is 0 Å². The molecular weight excluding hydrogens is 356 g/mol. The van der Waals surface area contributed by atoms with Gasteiger partial charge in [-0.2, -0.15) is 0 Å². The van der Waals surface area contributed by atoms with Gasteiger partial charge in [0.05, 0.1) is 6.37 Å². The highest BCUT2D eigenvalue weighted by Gasteiger charge is 2.30. The van der Waals surface area contributed by atoms with Crippen LogP contribution in [0, 0.1) is 0 Å². The highest BCUT2D eigenvalue weighted by atomic mass is 127. The third-order valence-corrected chi connectivity index (χ3v) is 6.23. The molecule has 2 fully saturated rings. The van der Waals surface area contributed by atoms with Gasteiger partial charge in [-0.3, -0.25) is 4.34 Å². The number of rotatable bonds is 3. The highest BCUT2D eigenvalue weighted by molar-refractivity contribution is 14.2. The van der Waals surface area contributed by atoms with Crippen molar-refractivity contribution in [1.29, 1.82) is 0 Å². The molecule has 5 heteroatoms. The van der Waals surface area contributed by atoms with Crippen LogP contribution in [-0.2, 0) is 0 Å². The average molecular weight is 371 g/mol. The van der Waals surface area contributed by atoms with Crippen LogP contribution in [0.5, 0.6) is 0 Å². The first kappa shape index (κ1) is 11.6. The van der Waals surface area contributed by atoms with Gasteiger partial charge in [-0.15, -0.1) is 0 Å². The van der Waals surface area contributed by atoms with E-state index in [0.29, 0.717) is 12.3 Å². The Morgan fingerprint density at radius 1 is 1.22 bits per heavy atom. The normalized spacial score (nSPS) is 20.9. The van der Waals surface area contributed by atoms with Crippen molar-refractivity contribution >= 4 is 39.6 Å². The zero-order valence-electron chi connectivity index (χ0n) is 10.1. The summed E-state index contributed by atoms with van der Waals surface area (Å²) in [5, 5.41) is 0. The lowest BCUT2D eigenvalue weighted by molar-refractivity contribution is 0.402. The van der Waals surface area contributed by atoms with Gasteiger partial charge in [-0.05, 0) is 65.3 Å². The quantitative estimate of drug-likeness (QED) is 0.593. The molecule has 0 spiro atoms. The lowest BCUT2D eigenvalue weighted by atomic mass is 9.85. The fourth-order valence-electron chi connectivity index (χ4n) is 2.76. The molecule has 4 rings (SSSR count). The molecule has 2 aliphatic rings. The van der Waals surface area contributed by atoms with Gasteiger partial charge in [0.15, 0.2) is 5.65 Å². The molecule has 0 aromatic carbocycles. The average Bonchev–Trinajstić information content (AvgIpc) is 3.08.